The van der Waals surface area contributed by atoms with E-state index in [9.17, 15) is 9.59 Å². The van der Waals surface area contributed by atoms with Crippen LogP contribution in [0.2, 0.25) is 0 Å². The topological polar surface area (TPSA) is 64.7 Å². The molecule has 2 aliphatic heterocycles. The first-order chi connectivity index (χ1) is 13.7. The molecule has 2 N–H and O–H groups in total. The average molecular weight is 399 g/mol. The molecular weight excluding hydrogens is 372 g/mol. The maximum absolute atomic E-state index is 12.8. The lowest BCUT2D eigenvalue weighted by atomic mass is 10.0. The Kier molecular flexibility index (Phi) is 5.92. The van der Waals surface area contributed by atoms with Crippen molar-refractivity contribution >= 4 is 34.6 Å². The van der Waals surface area contributed by atoms with Crippen molar-refractivity contribution in [1.29, 1.82) is 0 Å². The number of likely N-dealkylation sites (tertiary alicyclic amines) is 2. The summed E-state index contributed by atoms with van der Waals surface area (Å²) in [5.41, 5.74) is 1.36. The quantitative estimate of drug-likeness (QED) is 0.815. The fraction of sp³-hybridized carbons (Fsp3) is 0.429. The summed E-state index contributed by atoms with van der Waals surface area (Å²) >= 11 is 1.40. The fourth-order valence-electron chi connectivity index (χ4n) is 4.02. The second kappa shape index (κ2) is 8.75. The smallest absolute Gasteiger partial charge is 0.321 e. The van der Waals surface area contributed by atoms with Crippen LogP contribution < -0.4 is 10.6 Å². The predicted octanol–water partition coefficient (Wildman–Crippen LogP) is 4.09. The molecular formula is C21H26N4O2S. The van der Waals surface area contributed by atoms with Crippen LogP contribution in [0.1, 0.15) is 35.4 Å². The van der Waals surface area contributed by atoms with Gasteiger partial charge in [-0.15, -0.1) is 11.3 Å². The van der Waals surface area contributed by atoms with Gasteiger partial charge < -0.3 is 15.5 Å². The second-order valence-corrected chi connectivity index (χ2v) is 8.38. The highest BCUT2D eigenvalue weighted by Gasteiger charge is 2.29. The second-order valence-electron chi connectivity index (χ2n) is 7.43. The zero-order chi connectivity index (χ0) is 19.3. The number of thiophene rings is 1. The van der Waals surface area contributed by atoms with E-state index in [1.807, 2.05) is 34.5 Å². The lowest BCUT2D eigenvalue weighted by molar-refractivity contribution is 0.103. The van der Waals surface area contributed by atoms with Gasteiger partial charge in [-0.25, -0.2) is 4.79 Å². The fourth-order valence-corrected chi connectivity index (χ4v) is 4.64. The van der Waals surface area contributed by atoms with Crippen molar-refractivity contribution in [2.45, 2.75) is 31.7 Å². The van der Waals surface area contributed by atoms with Gasteiger partial charge >= 0.3 is 6.03 Å². The molecule has 2 aromatic rings. The molecule has 0 aliphatic carbocycles. The highest BCUT2D eigenvalue weighted by atomic mass is 32.1. The Morgan fingerprint density at radius 2 is 1.75 bits per heavy atom. The standard InChI is InChI=1S/C21H26N4O2S/c26-20(19-9-5-13-28-19)22-16-6-3-7-17(14-16)23-21(27)25-12-4-8-18(15-25)24-10-1-2-11-24/h3,5-7,9,13-14,18H,1-2,4,8,10-12,15H2,(H,22,26)(H,23,27)/t18-/m1/s1. The van der Waals surface area contributed by atoms with Crippen LogP contribution in [-0.2, 0) is 0 Å². The van der Waals surface area contributed by atoms with Gasteiger partial charge in [0, 0.05) is 30.5 Å². The minimum Gasteiger partial charge on any atom is -0.323 e. The van der Waals surface area contributed by atoms with Crippen LogP contribution in [0.4, 0.5) is 16.2 Å². The van der Waals surface area contributed by atoms with Gasteiger partial charge in [-0.2, -0.15) is 0 Å². The summed E-state index contributed by atoms with van der Waals surface area (Å²) in [6.07, 6.45) is 4.76. The number of benzene rings is 1. The molecule has 1 aromatic heterocycles. The Labute approximate surface area is 169 Å². The van der Waals surface area contributed by atoms with Crippen molar-refractivity contribution in [2.24, 2.45) is 0 Å². The molecule has 1 aromatic carbocycles. The number of nitrogens with zero attached hydrogens (tertiary/aromatic N) is 2. The molecule has 3 heterocycles. The number of carbonyl (C=O) groups excluding carboxylic acids is 2. The van der Waals surface area contributed by atoms with Gasteiger partial charge in [-0.05, 0) is 68.4 Å². The molecule has 0 spiro atoms. The van der Waals surface area contributed by atoms with Gasteiger partial charge in [-0.3, -0.25) is 9.69 Å². The van der Waals surface area contributed by atoms with Gasteiger partial charge in [-0.1, -0.05) is 12.1 Å². The van der Waals surface area contributed by atoms with Crippen LogP contribution in [-0.4, -0.2) is 54.0 Å². The van der Waals surface area contributed by atoms with Crippen molar-refractivity contribution in [1.82, 2.24) is 9.80 Å². The molecule has 28 heavy (non-hydrogen) atoms. The summed E-state index contributed by atoms with van der Waals surface area (Å²) in [7, 11) is 0. The third-order valence-electron chi connectivity index (χ3n) is 5.46. The van der Waals surface area contributed by atoms with E-state index in [1.54, 1.807) is 12.1 Å². The molecule has 0 bridgehead atoms. The number of hydrogen-bond acceptors (Lipinski definition) is 4. The molecule has 0 saturated carbocycles. The lowest BCUT2D eigenvalue weighted by Gasteiger charge is -2.37. The molecule has 0 unspecified atom stereocenters. The molecule has 3 amide bonds. The van der Waals surface area contributed by atoms with Gasteiger partial charge in [0.15, 0.2) is 0 Å². The number of amides is 3. The van der Waals surface area contributed by atoms with Crippen molar-refractivity contribution in [3.05, 3.63) is 46.7 Å². The first kappa shape index (κ1) is 19.0. The number of piperidine rings is 1. The van der Waals surface area contributed by atoms with Crippen LogP contribution in [0.25, 0.3) is 0 Å². The SMILES string of the molecule is O=C(Nc1cccc(NC(=O)N2CCC[C@@H](N3CCCC3)C2)c1)c1cccs1. The van der Waals surface area contributed by atoms with Crippen LogP contribution in [0.15, 0.2) is 41.8 Å². The number of carbonyl (C=O) groups is 2. The van der Waals surface area contributed by atoms with E-state index in [4.69, 9.17) is 0 Å². The monoisotopic (exact) mass is 398 g/mol. The lowest BCUT2D eigenvalue weighted by Crippen LogP contribution is -2.50. The average Bonchev–Trinajstić information content (AvgIpc) is 3.42. The van der Waals surface area contributed by atoms with Crippen LogP contribution in [0, 0.1) is 0 Å². The third-order valence-corrected chi connectivity index (χ3v) is 6.33. The summed E-state index contributed by atoms with van der Waals surface area (Å²) < 4.78 is 0. The molecule has 4 rings (SSSR count). The largest absolute Gasteiger partial charge is 0.323 e. The van der Waals surface area contributed by atoms with E-state index in [2.05, 4.69) is 15.5 Å². The van der Waals surface area contributed by atoms with Crippen LogP contribution in [0.3, 0.4) is 0 Å². The number of rotatable bonds is 4. The number of hydrogen-bond donors (Lipinski definition) is 2. The zero-order valence-electron chi connectivity index (χ0n) is 15.9. The zero-order valence-corrected chi connectivity index (χ0v) is 16.7. The van der Waals surface area contributed by atoms with Gasteiger partial charge in [0.25, 0.3) is 5.91 Å². The van der Waals surface area contributed by atoms with Gasteiger partial charge in [0.1, 0.15) is 0 Å². The maximum Gasteiger partial charge on any atom is 0.321 e. The summed E-state index contributed by atoms with van der Waals surface area (Å²) in [5, 5.41) is 7.75. The minimum absolute atomic E-state index is 0.0642. The number of nitrogens with one attached hydrogen (secondary N) is 2. The molecule has 1 atom stereocenters. The van der Waals surface area contributed by atoms with Crippen molar-refractivity contribution in [3.63, 3.8) is 0 Å². The molecule has 2 saturated heterocycles. The normalized spacial score (nSPS) is 20.1. The van der Waals surface area contributed by atoms with Crippen molar-refractivity contribution in [2.75, 3.05) is 36.8 Å². The van der Waals surface area contributed by atoms with E-state index in [0.29, 0.717) is 22.3 Å². The van der Waals surface area contributed by atoms with Crippen molar-refractivity contribution in [3.8, 4) is 0 Å². The van der Waals surface area contributed by atoms with Crippen LogP contribution >= 0.6 is 11.3 Å². The Balaban J connectivity index is 1.35. The molecule has 6 nitrogen and oxygen atoms in total. The van der Waals surface area contributed by atoms with Gasteiger partial charge in [0.05, 0.1) is 4.88 Å². The van der Waals surface area contributed by atoms with E-state index in [-0.39, 0.29) is 11.9 Å². The minimum atomic E-state index is -0.136. The van der Waals surface area contributed by atoms with Gasteiger partial charge in [0.2, 0.25) is 0 Å². The summed E-state index contributed by atoms with van der Waals surface area (Å²) in [5.74, 6) is -0.136. The summed E-state index contributed by atoms with van der Waals surface area (Å²) in [4.78, 5) is 30.1. The molecule has 148 valence electrons. The highest BCUT2D eigenvalue weighted by molar-refractivity contribution is 7.12. The first-order valence-electron chi connectivity index (χ1n) is 9.94. The summed E-state index contributed by atoms with van der Waals surface area (Å²) in [6.45, 7) is 3.91. The van der Waals surface area contributed by atoms with E-state index in [0.717, 1.165) is 32.6 Å². The Hall–Kier alpha value is -2.38. The third kappa shape index (κ3) is 4.54. The summed E-state index contributed by atoms with van der Waals surface area (Å²) in [6, 6.07) is 11.4. The molecule has 7 heteroatoms. The van der Waals surface area contributed by atoms with E-state index in [1.165, 1.54) is 30.6 Å². The maximum atomic E-state index is 12.8. The Morgan fingerprint density at radius 3 is 2.50 bits per heavy atom. The Morgan fingerprint density at radius 1 is 0.964 bits per heavy atom. The van der Waals surface area contributed by atoms with E-state index < -0.39 is 0 Å². The predicted molar refractivity (Wildman–Crippen MR) is 113 cm³/mol. The van der Waals surface area contributed by atoms with Crippen molar-refractivity contribution < 1.29 is 9.59 Å². The van der Waals surface area contributed by atoms with Crippen LogP contribution in [0.5, 0.6) is 0 Å². The number of anilines is 2. The van der Waals surface area contributed by atoms with E-state index >= 15 is 0 Å². The first-order valence-corrected chi connectivity index (χ1v) is 10.8. The molecule has 2 fully saturated rings. The molecule has 2 aliphatic rings. The molecule has 0 radical (unpaired) electrons. The highest BCUT2D eigenvalue weighted by Crippen LogP contribution is 2.22. The number of urea groups is 1. The Bertz CT molecular complexity index is 818.